The zero-order chi connectivity index (χ0) is 19.0. The van der Waals surface area contributed by atoms with Gasteiger partial charge in [-0.2, -0.15) is 5.10 Å². The van der Waals surface area contributed by atoms with Gasteiger partial charge in [-0.1, -0.05) is 30.3 Å². The molecule has 1 aromatic heterocycles. The number of nitrogens with zero attached hydrogens (tertiary/aromatic N) is 3. The van der Waals surface area contributed by atoms with Crippen molar-refractivity contribution in [2.75, 3.05) is 19.7 Å². The molecule has 2 fully saturated rings. The molecule has 1 amide bonds. The second-order valence-corrected chi connectivity index (χ2v) is 7.56. The molecule has 3 atom stereocenters. The van der Waals surface area contributed by atoms with E-state index in [1.54, 1.807) is 0 Å². The topological polar surface area (TPSA) is 59.4 Å². The molecule has 2 aliphatic rings. The Kier molecular flexibility index (Phi) is 5.02. The third-order valence-electron chi connectivity index (χ3n) is 6.01. The number of amides is 1. The number of aromatic nitrogens is 2. The summed E-state index contributed by atoms with van der Waals surface area (Å²) < 4.78 is 8.15. The van der Waals surface area contributed by atoms with Crippen molar-refractivity contribution in [3.8, 4) is 0 Å². The maximum absolute atomic E-state index is 11.9. The van der Waals surface area contributed by atoms with Gasteiger partial charge in [-0.05, 0) is 26.3 Å². The molecule has 3 heterocycles. The van der Waals surface area contributed by atoms with Crippen LogP contribution in [0.2, 0.25) is 0 Å². The highest BCUT2D eigenvalue weighted by atomic mass is 16.5. The number of hydrogen-bond donors (Lipinski definition) is 1. The number of ether oxygens (including phenoxy) is 1. The Morgan fingerprint density at radius 1 is 1.26 bits per heavy atom. The maximum Gasteiger partial charge on any atom is 0.246 e. The zero-order valence-corrected chi connectivity index (χ0v) is 16.3. The Hall–Kier alpha value is -2.18. The number of carbonyl (C=O) groups is 1. The fourth-order valence-electron chi connectivity index (χ4n) is 4.53. The van der Waals surface area contributed by atoms with Crippen LogP contribution < -0.4 is 5.32 Å². The van der Waals surface area contributed by atoms with Gasteiger partial charge in [0.2, 0.25) is 5.91 Å². The van der Waals surface area contributed by atoms with Crippen molar-refractivity contribution in [1.29, 1.82) is 0 Å². The molecule has 2 aromatic rings. The summed E-state index contributed by atoms with van der Waals surface area (Å²) in [7, 11) is 0. The van der Waals surface area contributed by atoms with E-state index in [0.29, 0.717) is 6.54 Å². The summed E-state index contributed by atoms with van der Waals surface area (Å²) in [6.07, 6.45) is 0.0215. The predicted octanol–water partition coefficient (Wildman–Crippen LogP) is 2.00. The lowest BCUT2D eigenvalue weighted by atomic mass is 9.93. The summed E-state index contributed by atoms with van der Waals surface area (Å²) in [6, 6.07) is 10.7. The minimum absolute atomic E-state index is 0.0215. The van der Waals surface area contributed by atoms with E-state index >= 15 is 0 Å². The zero-order valence-electron chi connectivity index (χ0n) is 16.3. The normalized spacial score (nSPS) is 25.9. The van der Waals surface area contributed by atoms with Gasteiger partial charge in [0.25, 0.3) is 0 Å². The van der Waals surface area contributed by atoms with Crippen LogP contribution >= 0.6 is 0 Å². The highest BCUT2D eigenvalue weighted by Crippen LogP contribution is 2.36. The highest BCUT2D eigenvalue weighted by Gasteiger charge is 2.45. The molecule has 0 radical (unpaired) electrons. The van der Waals surface area contributed by atoms with E-state index in [1.165, 1.54) is 16.8 Å². The minimum atomic E-state index is -0.0256. The second-order valence-electron chi connectivity index (χ2n) is 7.56. The van der Waals surface area contributed by atoms with Gasteiger partial charge in [0.15, 0.2) is 0 Å². The van der Waals surface area contributed by atoms with E-state index in [1.807, 2.05) is 6.07 Å². The van der Waals surface area contributed by atoms with Crippen molar-refractivity contribution in [3.63, 3.8) is 0 Å². The molecule has 0 unspecified atom stereocenters. The molecule has 1 aromatic carbocycles. The third-order valence-corrected chi connectivity index (χ3v) is 6.01. The van der Waals surface area contributed by atoms with E-state index in [4.69, 9.17) is 4.74 Å². The van der Waals surface area contributed by atoms with Crippen LogP contribution in [0.15, 0.2) is 30.3 Å². The van der Waals surface area contributed by atoms with E-state index in [0.717, 1.165) is 25.3 Å². The summed E-state index contributed by atoms with van der Waals surface area (Å²) in [4.78, 5) is 14.4. The van der Waals surface area contributed by atoms with Crippen LogP contribution in [-0.4, -0.2) is 52.4 Å². The van der Waals surface area contributed by atoms with Gasteiger partial charge >= 0.3 is 0 Å². The molecule has 1 N–H and O–H groups in total. The molecule has 0 bridgehead atoms. The predicted molar refractivity (Wildman–Crippen MR) is 104 cm³/mol. The van der Waals surface area contributed by atoms with Crippen molar-refractivity contribution in [1.82, 2.24) is 20.0 Å². The molecule has 27 heavy (non-hydrogen) atoms. The van der Waals surface area contributed by atoms with Gasteiger partial charge < -0.3 is 10.1 Å². The Morgan fingerprint density at radius 3 is 2.74 bits per heavy atom. The van der Waals surface area contributed by atoms with Gasteiger partial charge in [0.1, 0.15) is 6.61 Å². The quantitative estimate of drug-likeness (QED) is 0.897. The molecule has 4 rings (SSSR count). The van der Waals surface area contributed by atoms with Crippen LogP contribution in [0.3, 0.4) is 0 Å². The lowest BCUT2D eigenvalue weighted by molar-refractivity contribution is -0.125. The summed E-state index contributed by atoms with van der Waals surface area (Å²) in [5.41, 5.74) is 4.89. The van der Waals surface area contributed by atoms with E-state index < -0.39 is 0 Å². The van der Waals surface area contributed by atoms with Gasteiger partial charge in [0, 0.05) is 43.4 Å². The second kappa shape index (κ2) is 7.44. The number of likely N-dealkylation sites (tertiary alicyclic amines) is 1. The van der Waals surface area contributed by atoms with Crippen molar-refractivity contribution in [2.24, 2.45) is 0 Å². The molecule has 0 aliphatic carbocycles. The fourth-order valence-corrected chi connectivity index (χ4v) is 4.53. The first-order chi connectivity index (χ1) is 13.1. The minimum Gasteiger partial charge on any atom is -0.366 e. The standard InChI is InChI=1S/C21H28N4O2/c1-4-25-15(3)17(14(2)23-25)11-24-12-18(16-8-6-5-7-9-16)21-19(24)10-22-20(26)13-27-21/h5-9,18-19,21H,4,10-13H2,1-3H3,(H,22,26)/t18-,19-,21-/m1/s1. The van der Waals surface area contributed by atoms with Crippen LogP contribution in [0.1, 0.15) is 35.4 Å². The van der Waals surface area contributed by atoms with Crippen LogP contribution in [0.4, 0.5) is 0 Å². The van der Waals surface area contributed by atoms with E-state index in [2.05, 4.69) is 65.0 Å². The smallest absolute Gasteiger partial charge is 0.246 e. The first-order valence-electron chi connectivity index (χ1n) is 9.78. The number of nitrogens with one attached hydrogen (secondary N) is 1. The Labute approximate surface area is 160 Å². The first kappa shape index (κ1) is 18.2. The first-order valence-corrected chi connectivity index (χ1v) is 9.78. The van der Waals surface area contributed by atoms with Crippen molar-refractivity contribution >= 4 is 5.91 Å². The third kappa shape index (κ3) is 3.39. The molecule has 6 nitrogen and oxygen atoms in total. The van der Waals surface area contributed by atoms with Crippen molar-refractivity contribution in [2.45, 2.75) is 51.9 Å². The van der Waals surface area contributed by atoms with E-state index in [-0.39, 0.29) is 30.6 Å². The molecule has 2 saturated heterocycles. The SMILES string of the molecule is CCn1nc(C)c(CN2C[C@H](c3ccccc3)[C@H]3OCC(=O)NC[C@H]32)c1C. The Morgan fingerprint density at radius 2 is 2.04 bits per heavy atom. The molecule has 0 spiro atoms. The van der Waals surface area contributed by atoms with E-state index in [9.17, 15) is 4.79 Å². The molecular formula is C21H28N4O2. The van der Waals surface area contributed by atoms with Crippen LogP contribution in [0.25, 0.3) is 0 Å². The summed E-state index contributed by atoms with van der Waals surface area (Å²) >= 11 is 0. The monoisotopic (exact) mass is 368 g/mol. The Balaban J connectivity index is 1.64. The van der Waals surface area contributed by atoms with Crippen LogP contribution in [0.5, 0.6) is 0 Å². The molecule has 2 aliphatic heterocycles. The van der Waals surface area contributed by atoms with Crippen LogP contribution in [-0.2, 0) is 22.6 Å². The molecule has 0 saturated carbocycles. The number of aryl methyl sites for hydroxylation is 2. The number of benzene rings is 1. The molecular weight excluding hydrogens is 340 g/mol. The number of carbonyl (C=O) groups excluding carboxylic acids is 1. The molecule has 144 valence electrons. The average molecular weight is 368 g/mol. The highest BCUT2D eigenvalue weighted by molar-refractivity contribution is 5.77. The van der Waals surface area contributed by atoms with Gasteiger partial charge in [-0.15, -0.1) is 0 Å². The number of hydrogen-bond acceptors (Lipinski definition) is 4. The van der Waals surface area contributed by atoms with Crippen molar-refractivity contribution < 1.29 is 9.53 Å². The number of fused-ring (bicyclic) bond motifs is 1. The Bertz CT molecular complexity index is 817. The summed E-state index contributed by atoms with van der Waals surface area (Å²) in [6.45, 7) is 9.76. The molecule has 6 heteroatoms. The summed E-state index contributed by atoms with van der Waals surface area (Å²) in [5, 5.41) is 7.69. The van der Waals surface area contributed by atoms with Gasteiger partial charge in [-0.3, -0.25) is 14.4 Å². The fraction of sp³-hybridized carbons (Fsp3) is 0.524. The van der Waals surface area contributed by atoms with Gasteiger partial charge in [0.05, 0.1) is 17.8 Å². The number of rotatable bonds is 4. The lowest BCUT2D eigenvalue weighted by Crippen LogP contribution is -2.42. The van der Waals surface area contributed by atoms with Crippen LogP contribution in [0, 0.1) is 13.8 Å². The maximum atomic E-state index is 11.9. The average Bonchev–Trinajstić information content (AvgIpc) is 3.08. The largest absolute Gasteiger partial charge is 0.366 e. The summed E-state index contributed by atoms with van der Waals surface area (Å²) in [5.74, 6) is 0.244. The van der Waals surface area contributed by atoms with Crippen molar-refractivity contribution in [3.05, 3.63) is 52.8 Å². The van der Waals surface area contributed by atoms with Gasteiger partial charge in [-0.25, -0.2) is 0 Å². The lowest BCUT2D eigenvalue weighted by Gasteiger charge is -2.26.